The summed E-state index contributed by atoms with van der Waals surface area (Å²) < 4.78 is 10.5. The van der Waals surface area contributed by atoms with E-state index in [0.717, 1.165) is 5.56 Å². The molecule has 32 heavy (non-hydrogen) atoms. The summed E-state index contributed by atoms with van der Waals surface area (Å²) in [6.07, 6.45) is 2.06. The van der Waals surface area contributed by atoms with Gasteiger partial charge in [0.25, 0.3) is 5.91 Å². The Hall–Kier alpha value is -3.72. The lowest BCUT2D eigenvalue weighted by atomic mass is 10.2. The zero-order chi connectivity index (χ0) is 23.2. The highest BCUT2D eigenvalue weighted by molar-refractivity contribution is 7.80. The van der Waals surface area contributed by atoms with E-state index in [2.05, 4.69) is 22.7 Å². The van der Waals surface area contributed by atoms with Gasteiger partial charge in [-0.25, -0.2) is 0 Å². The van der Waals surface area contributed by atoms with E-state index in [1.54, 1.807) is 30.3 Å². The number of amides is 2. The number of carbonyl (C=O) groups is 3. The lowest BCUT2D eigenvalue weighted by Gasteiger charge is -2.11. The zero-order valence-electron chi connectivity index (χ0n) is 17.5. The molecule has 0 saturated carbocycles. The lowest BCUT2D eigenvalue weighted by molar-refractivity contribution is -0.144. The number of rotatable bonds is 10. The molecule has 0 heterocycles. The van der Waals surface area contributed by atoms with E-state index in [0.29, 0.717) is 24.3 Å². The molecular formula is C23H25N3O5S. The Labute approximate surface area is 192 Å². The SMILES string of the molecule is C=CCOc1ccc(C(=O)NNC(=S)NC(=O)CCC(=O)OCCc2ccccc2)cc1. The third-order valence-electron chi connectivity index (χ3n) is 4.08. The number of carbonyl (C=O) groups excluding carboxylic acids is 3. The van der Waals surface area contributed by atoms with Crippen LogP contribution in [0.4, 0.5) is 0 Å². The Morgan fingerprint density at radius 1 is 0.969 bits per heavy atom. The molecule has 0 unspecified atom stereocenters. The van der Waals surface area contributed by atoms with E-state index < -0.39 is 17.8 Å². The molecule has 0 aliphatic carbocycles. The number of nitrogens with one attached hydrogen (secondary N) is 3. The van der Waals surface area contributed by atoms with Gasteiger partial charge in [0.2, 0.25) is 5.91 Å². The molecule has 8 nitrogen and oxygen atoms in total. The fourth-order valence-corrected chi connectivity index (χ4v) is 2.64. The van der Waals surface area contributed by atoms with Gasteiger partial charge in [-0.2, -0.15) is 0 Å². The molecule has 168 valence electrons. The Bertz CT molecular complexity index is 932. The highest BCUT2D eigenvalue weighted by Gasteiger charge is 2.11. The van der Waals surface area contributed by atoms with Crippen molar-refractivity contribution in [2.75, 3.05) is 13.2 Å². The number of benzene rings is 2. The van der Waals surface area contributed by atoms with Crippen molar-refractivity contribution >= 4 is 35.1 Å². The van der Waals surface area contributed by atoms with Gasteiger partial charge in [-0.05, 0) is 42.0 Å². The molecule has 0 aliphatic rings. The quantitative estimate of drug-likeness (QED) is 0.219. The van der Waals surface area contributed by atoms with Crippen LogP contribution < -0.4 is 20.9 Å². The second-order valence-electron chi connectivity index (χ2n) is 6.54. The molecule has 2 aromatic carbocycles. The summed E-state index contributed by atoms with van der Waals surface area (Å²) in [4.78, 5) is 35.8. The molecule has 3 N–H and O–H groups in total. The zero-order valence-corrected chi connectivity index (χ0v) is 18.3. The molecule has 2 rings (SSSR count). The van der Waals surface area contributed by atoms with Crippen LogP contribution in [-0.4, -0.2) is 36.1 Å². The molecule has 0 aliphatic heterocycles. The van der Waals surface area contributed by atoms with Crippen molar-refractivity contribution in [2.24, 2.45) is 0 Å². The summed E-state index contributed by atoms with van der Waals surface area (Å²) >= 11 is 4.97. The fraction of sp³-hybridized carbons (Fsp3) is 0.217. The number of hydrogen-bond acceptors (Lipinski definition) is 6. The van der Waals surface area contributed by atoms with Crippen LogP contribution >= 0.6 is 12.2 Å². The largest absolute Gasteiger partial charge is 0.490 e. The van der Waals surface area contributed by atoms with Crippen molar-refractivity contribution < 1.29 is 23.9 Å². The predicted molar refractivity (Wildman–Crippen MR) is 124 cm³/mol. The molecule has 0 saturated heterocycles. The molecule has 0 fully saturated rings. The number of esters is 1. The average molecular weight is 456 g/mol. The highest BCUT2D eigenvalue weighted by atomic mass is 32.1. The molecule has 0 radical (unpaired) electrons. The van der Waals surface area contributed by atoms with Gasteiger partial charge in [-0.1, -0.05) is 43.0 Å². The first-order valence-electron chi connectivity index (χ1n) is 9.91. The minimum atomic E-state index is -0.472. The van der Waals surface area contributed by atoms with E-state index >= 15 is 0 Å². The Balaban J connectivity index is 1.61. The Morgan fingerprint density at radius 2 is 1.69 bits per heavy atom. The average Bonchev–Trinajstić information content (AvgIpc) is 2.81. The van der Waals surface area contributed by atoms with Crippen LogP contribution in [-0.2, 0) is 20.7 Å². The van der Waals surface area contributed by atoms with E-state index in [9.17, 15) is 14.4 Å². The van der Waals surface area contributed by atoms with Crippen molar-refractivity contribution in [2.45, 2.75) is 19.3 Å². The number of hydrogen-bond donors (Lipinski definition) is 3. The maximum absolute atomic E-state index is 12.1. The van der Waals surface area contributed by atoms with Crippen LogP contribution in [0.25, 0.3) is 0 Å². The topological polar surface area (TPSA) is 106 Å². The van der Waals surface area contributed by atoms with Crippen LogP contribution in [0.2, 0.25) is 0 Å². The molecule has 0 aromatic heterocycles. The molecule has 2 aromatic rings. The van der Waals surface area contributed by atoms with Crippen LogP contribution in [0.15, 0.2) is 67.3 Å². The summed E-state index contributed by atoms with van der Waals surface area (Å²) in [6, 6.07) is 16.1. The van der Waals surface area contributed by atoms with Crippen molar-refractivity contribution in [3.8, 4) is 5.75 Å². The van der Waals surface area contributed by atoms with Gasteiger partial charge in [0.15, 0.2) is 5.11 Å². The third kappa shape index (κ3) is 9.40. The van der Waals surface area contributed by atoms with E-state index in [4.69, 9.17) is 21.7 Å². The van der Waals surface area contributed by atoms with E-state index in [-0.39, 0.29) is 24.6 Å². The summed E-state index contributed by atoms with van der Waals surface area (Å²) in [6.45, 7) is 4.18. The normalized spacial score (nSPS) is 9.88. The monoisotopic (exact) mass is 455 g/mol. The van der Waals surface area contributed by atoms with Gasteiger partial charge < -0.3 is 14.8 Å². The number of ether oxygens (including phenoxy) is 2. The summed E-state index contributed by atoms with van der Waals surface area (Å²) in [7, 11) is 0. The molecule has 0 spiro atoms. The van der Waals surface area contributed by atoms with E-state index in [1.807, 2.05) is 30.3 Å². The van der Waals surface area contributed by atoms with Crippen LogP contribution in [0.3, 0.4) is 0 Å². The predicted octanol–water partition coefficient (Wildman–Crippen LogP) is 2.45. The maximum Gasteiger partial charge on any atom is 0.306 e. The lowest BCUT2D eigenvalue weighted by Crippen LogP contribution is -2.48. The maximum atomic E-state index is 12.1. The summed E-state index contributed by atoms with van der Waals surface area (Å²) in [5, 5.41) is 2.29. The van der Waals surface area contributed by atoms with Crippen molar-refractivity contribution in [3.63, 3.8) is 0 Å². The fourth-order valence-electron chi connectivity index (χ4n) is 2.48. The minimum Gasteiger partial charge on any atom is -0.490 e. The van der Waals surface area contributed by atoms with Crippen LogP contribution in [0, 0.1) is 0 Å². The standard InChI is InChI=1S/C23H25N3O5S/c1-2-15-30-19-10-8-18(9-11-19)22(29)25-26-23(32)24-20(27)12-13-21(28)31-16-14-17-6-4-3-5-7-17/h2-11H,1,12-16H2,(H,25,29)(H2,24,26,27,32). The smallest absolute Gasteiger partial charge is 0.306 e. The van der Waals surface area contributed by atoms with Crippen LogP contribution in [0.1, 0.15) is 28.8 Å². The van der Waals surface area contributed by atoms with Crippen molar-refractivity contribution in [1.29, 1.82) is 0 Å². The highest BCUT2D eigenvalue weighted by Crippen LogP contribution is 2.12. The summed E-state index contributed by atoms with van der Waals surface area (Å²) in [5.41, 5.74) is 6.26. The van der Waals surface area contributed by atoms with Gasteiger partial charge in [0, 0.05) is 18.4 Å². The van der Waals surface area contributed by atoms with Crippen molar-refractivity contribution in [3.05, 3.63) is 78.4 Å². The van der Waals surface area contributed by atoms with Gasteiger partial charge in [-0.3, -0.25) is 25.2 Å². The Kier molecular flexibility index (Phi) is 10.4. The number of hydrazine groups is 1. The molecule has 2 amide bonds. The van der Waals surface area contributed by atoms with Gasteiger partial charge >= 0.3 is 5.97 Å². The first-order chi connectivity index (χ1) is 15.5. The minimum absolute atomic E-state index is 0.0735. The molecule has 0 bridgehead atoms. The van der Waals surface area contributed by atoms with Gasteiger partial charge in [0.05, 0.1) is 13.0 Å². The first-order valence-corrected chi connectivity index (χ1v) is 10.3. The number of thiocarbonyl (C=S) groups is 1. The molecule has 0 atom stereocenters. The van der Waals surface area contributed by atoms with E-state index in [1.165, 1.54) is 0 Å². The second kappa shape index (κ2) is 13.6. The van der Waals surface area contributed by atoms with Crippen LogP contribution in [0.5, 0.6) is 5.75 Å². The molecular weight excluding hydrogens is 430 g/mol. The third-order valence-corrected chi connectivity index (χ3v) is 4.28. The molecule has 9 heteroatoms. The second-order valence-corrected chi connectivity index (χ2v) is 6.94. The summed E-state index contributed by atoms with van der Waals surface area (Å²) in [5.74, 6) is -0.779. The Morgan fingerprint density at radius 3 is 2.38 bits per heavy atom. The first kappa shape index (κ1) is 24.5. The van der Waals surface area contributed by atoms with Crippen molar-refractivity contribution in [1.82, 2.24) is 16.2 Å². The van der Waals surface area contributed by atoms with Gasteiger partial charge in [0.1, 0.15) is 12.4 Å². The van der Waals surface area contributed by atoms with Gasteiger partial charge in [-0.15, -0.1) is 0 Å².